The number of nitrogens with zero attached hydrogens (tertiary/aromatic N) is 1. The lowest BCUT2D eigenvalue weighted by atomic mass is 9.86. The first kappa shape index (κ1) is 41.2. The van der Waals surface area contributed by atoms with Gasteiger partial charge >= 0.3 is 11.9 Å². The van der Waals surface area contributed by atoms with Crippen LogP contribution in [0.5, 0.6) is 23.0 Å². The smallest absolute Gasteiger partial charge is 0.341 e. The highest BCUT2D eigenvalue weighted by atomic mass is 35.5. The number of allylic oxidation sites excluding steroid dienone is 2. The van der Waals surface area contributed by atoms with Crippen molar-refractivity contribution in [3.8, 4) is 23.0 Å². The molecule has 3 aliphatic carbocycles. The number of phenols is 1. The third-order valence-corrected chi connectivity index (χ3v) is 11.7. The number of benzene rings is 2. The van der Waals surface area contributed by atoms with Gasteiger partial charge in [-0.25, -0.2) is 4.79 Å². The number of anilines is 1. The number of esters is 2. The largest absolute Gasteiger partial charge is 0.504 e. The topological polar surface area (TPSA) is 218 Å². The van der Waals surface area contributed by atoms with Crippen LogP contribution in [0.2, 0.25) is 5.02 Å². The fraction of sp³-hybridized carbons (Fsp3) is 0.395. The van der Waals surface area contributed by atoms with Gasteiger partial charge in [-0.3, -0.25) is 9.59 Å². The molecule has 0 aromatic heterocycles. The van der Waals surface area contributed by atoms with Crippen LogP contribution >= 0.6 is 11.6 Å². The number of carbonyl (C=O) groups excluding carboxylic acids is 3. The first-order valence-corrected chi connectivity index (χ1v) is 19.4. The Morgan fingerprint density at radius 2 is 1.93 bits per heavy atom. The molecule has 1 amide bonds. The van der Waals surface area contributed by atoms with Crippen molar-refractivity contribution in [2.45, 2.75) is 74.3 Å². The number of aliphatic hydroxyl groups excluding tert-OH is 2. The summed E-state index contributed by atoms with van der Waals surface area (Å²) in [6, 6.07) is 4.04. The number of phenolic OH excluding ortho intramolecular Hbond substituents is 1. The Morgan fingerprint density at radius 3 is 2.65 bits per heavy atom. The van der Waals surface area contributed by atoms with E-state index in [-0.39, 0.29) is 57.0 Å². The molecule has 11 rings (SSSR count). The Kier molecular flexibility index (Phi) is 10.4. The highest BCUT2D eigenvalue weighted by Gasteiger charge is 2.67. The molecule has 2 aromatic rings. The van der Waals surface area contributed by atoms with Gasteiger partial charge in [0.2, 0.25) is 5.60 Å². The lowest BCUT2D eigenvalue weighted by molar-refractivity contribution is -0.330. The number of rotatable bonds is 6. The van der Waals surface area contributed by atoms with E-state index < -0.39 is 84.4 Å². The maximum atomic E-state index is 14.1. The standard InChI is InChI=1S/C43H42ClN3O13/c1-19-39(52)46-33-25(15-22(54-6)16-30(33)56-19)40(53)57-31-18-55-32(49)17-28(45)21-13-27(44)36(29(48)14-21)58-38-23-10-9-20(31)12-24(23)26-8-7-11-43(26,38)60-41-35(51)34(50)37(47(4)5)42(2,3)59-41/h8-11,13-16,23,28,31,34-35,37-38,41,50-51H,1,17-18,45H2,2-6H3,(H-,46,48,52,53)/p+1/t23?,28-,31-,34-,35+,37-,38+,41-,43+/m0/s1. The van der Waals surface area contributed by atoms with E-state index in [4.69, 9.17) is 50.5 Å². The fourth-order valence-electron chi connectivity index (χ4n) is 8.64. The maximum Gasteiger partial charge on any atom is 0.341 e. The SMILES string of the molecule is C=C1Oc2cc(OC)cc(C(=O)O[C@H]3COC(=O)C[C@H](N)c4cc(O)c(c(Cl)c4)O[C@@H]4C5C=CC3=C=C5C3=C[C+]=C[C@@]34O[C@@H]3OC(C)(C)[C@@H](N(C)C)[C@@H](O)[C@H]3O)c2NC1=O. The van der Waals surface area contributed by atoms with Crippen molar-refractivity contribution in [2.24, 2.45) is 11.7 Å². The predicted octanol–water partition coefficient (Wildman–Crippen LogP) is 3.31. The number of hydrogen-bond acceptors (Lipinski definition) is 15. The molecule has 2 aromatic carbocycles. The minimum Gasteiger partial charge on any atom is -0.504 e. The summed E-state index contributed by atoms with van der Waals surface area (Å²) in [6.45, 7) is 6.65. The molecule has 6 aliphatic heterocycles. The molecular weight excluding hydrogens is 802 g/mol. The Bertz CT molecular complexity index is 2340. The molecule has 1 saturated carbocycles. The van der Waals surface area contributed by atoms with Crippen molar-refractivity contribution in [1.82, 2.24) is 4.90 Å². The molecule has 1 saturated heterocycles. The lowest BCUT2D eigenvalue weighted by Crippen LogP contribution is -2.68. The van der Waals surface area contributed by atoms with Gasteiger partial charge in [-0.2, -0.15) is 0 Å². The lowest BCUT2D eigenvalue weighted by Gasteiger charge is -2.50. The van der Waals surface area contributed by atoms with Crippen molar-refractivity contribution in [1.29, 1.82) is 0 Å². The van der Waals surface area contributed by atoms with Gasteiger partial charge in [-0.05, 0) is 51.7 Å². The number of aromatic hydroxyl groups is 1. The molecule has 9 aliphatic rings. The van der Waals surface area contributed by atoms with Crippen LogP contribution in [-0.4, -0.2) is 114 Å². The summed E-state index contributed by atoms with van der Waals surface area (Å²) in [6.07, 6.45) is 2.77. The molecule has 60 heavy (non-hydrogen) atoms. The van der Waals surface area contributed by atoms with E-state index in [1.807, 2.05) is 0 Å². The Hall–Kier alpha value is -5.51. The molecule has 9 atom stereocenters. The minimum atomic E-state index is -1.60. The molecule has 0 spiro atoms. The zero-order valence-electron chi connectivity index (χ0n) is 33.2. The van der Waals surface area contributed by atoms with E-state index >= 15 is 0 Å². The first-order chi connectivity index (χ1) is 28.4. The van der Waals surface area contributed by atoms with Crippen LogP contribution in [0, 0.1) is 12.0 Å². The average molecular weight is 845 g/mol. The van der Waals surface area contributed by atoms with Crippen LogP contribution in [0.25, 0.3) is 0 Å². The number of carbonyl (C=O) groups is 3. The quantitative estimate of drug-likeness (QED) is 0.122. The summed E-state index contributed by atoms with van der Waals surface area (Å²) >= 11 is 6.76. The number of amides is 1. The number of aliphatic hydroxyl groups is 2. The summed E-state index contributed by atoms with van der Waals surface area (Å²) in [5, 5.41) is 36.8. The predicted molar refractivity (Wildman–Crippen MR) is 212 cm³/mol. The number of halogens is 1. The van der Waals surface area contributed by atoms with Crippen molar-refractivity contribution < 1.29 is 62.9 Å². The van der Waals surface area contributed by atoms with E-state index in [2.05, 4.69) is 23.7 Å². The Labute approximate surface area is 349 Å². The summed E-state index contributed by atoms with van der Waals surface area (Å²) in [7, 11) is 4.92. The highest BCUT2D eigenvalue weighted by Crippen LogP contribution is 2.55. The summed E-state index contributed by atoms with van der Waals surface area (Å²) in [5.74, 6) is -3.43. The van der Waals surface area contributed by atoms with Crippen LogP contribution in [-0.2, 0) is 28.5 Å². The minimum absolute atomic E-state index is 0.0151. The van der Waals surface area contributed by atoms with Gasteiger partial charge in [0.05, 0.1) is 59.0 Å². The molecule has 6 bridgehead atoms. The number of hydrogen-bond donors (Lipinski definition) is 5. The van der Waals surface area contributed by atoms with Gasteiger partial charge in [-0.15, -0.1) is 0 Å². The number of ether oxygens (including phenoxy) is 7. The molecule has 314 valence electrons. The van der Waals surface area contributed by atoms with Crippen molar-refractivity contribution >= 4 is 35.1 Å². The van der Waals surface area contributed by atoms with Gasteiger partial charge in [0.1, 0.15) is 36.2 Å². The van der Waals surface area contributed by atoms with Crippen LogP contribution in [0.4, 0.5) is 5.69 Å². The monoisotopic (exact) mass is 844 g/mol. The molecule has 16 nitrogen and oxygen atoms in total. The second kappa shape index (κ2) is 15.2. The number of methoxy groups -OCH3 is 1. The summed E-state index contributed by atoms with van der Waals surface area (Å²) in [4.78, 5) is 41.7. The molecular formula is C43H43ClN3O13+. The van der Waals surface area contributed by atoms with E-state index in [1.54, 1.807) is 57.1 Å². The van der Waals surface area contributed by atoms with Crippen molar-refractivity contribution in [3.63, 3.8) is 0 Å². The first-order valence-electron chi connectivity index (χ1n) is 19.0. The van der Waals surface area contributed by atoms with Crippen LogP contribution in [0.3, 0.4) is 0 Å². The van der Waals surface area contributed by atoms with Gasteiger partial charge in [0, 0.05) is 17.7 Å². The second-order valence-corrected chi connectivity index (χ2v) is 16.3. The molecule has 17 heteroatoms. The molecule has 2 fully saturated rings. The number of nitrogens with two attached hydrogens (primary N) is 1. The van der Waals surface area contributed by atoms with E-state index in [0.29, 0.717) is 16.7 Å². The Balaban J connectivity index is 1.24. The normalized spacial score (nSPS) is 31.2. The summed E-state index contributed by atoms with van der Waals surface area (Å²) < 4.78 is 42.5. The fourth-order valence-corrected chi connectivity index (χ4v) is 8.91. The van der Waals surface area contributed by atoms with Crippen LogP contribution < -0.4 is 25.3 Å². The molecule has 0 radical (unpaired) electrons. The van der Waals surface area contributed by atoms with Gasteiger partial charge < -0.3 is 64.4 Å². The summed E-state index contributed by atoms with van der Waals surface area (Å²) in [5.41, 5.74) is 8.51. The maximum absolute atomic E-state index is 14.1. The highest BCUT2D eigenvalue weighted by molar-refractivity contribution is 6.32. The van der Waals surface area contributed by atoms with Gasteiger partial charge in [-0.1, -0.05) is 36.1 Å². The molecule has 6 N–H and O–H groups in total. The van der Waals surface area contributed by atoms with E-state index in [9.17, 15) is 29.7 Å². The molecule has 6 heterocycles. The third-order valence-electron chi connectivity index (χ3n) is 11.4. The zero-order valence-corrected chi connectivity index (χ0v) is 33.9. The van der Waals surface area contributed by atoms with Crippen LogP contribution in [0.1, 0.15) is 42.2 Å². The zero-order chi connectivity index (χ0) is 43.0. The van der Waals surface area contributed by atoms with Crippen molar-refractivity contribution in [2.75, 3.05) is 33.1 Å². The van der Waals surface area contributed by atoms with Crippen molar-refractivity contribution in [3.05, 3.63) is 106 Å². The van der Waals surface area contributed by atoms with Crippen LogP contribution in [0.15, 0.2) is 83.4 Å². The average Bonchev–Trinajstić information content (AvgIpc) is 3.70. The van der Waals surface area contributed by atoms with Gasteiger partial charge in [0.25, 0.3) is 5.91 Å². The Morgan fingerprint density at radius 1 is 1.17 bits per heavy atom. The molecule has 1 unspecified atom stereocenters. The van der Waals surface area contributed by atoms with E-state index in [1.165, 1.54) is 31.4 Å². The second-order valence-electron chi connectivity index (χ2n) is 15.9. The number of likely N-dealkylation sites (N-methyl/N-ethyl adjacent to an activating group) is 1. The number of fused-ring (bicyclic) bond motifs is 2. The van der Waals surface area contributed by atoms with E-state index in [0.717, 1.165) is 0 Å². The third kappa shape index (κ3) is 6.95. The van der Waals surface area contributed by atoms with Gasteiger partial charge in [0.15, 0.2) is 47.6 Å². The number of nitrogens with one attached hydrogen (secondary N) is 1.